The van der Waals surface area contributed by atoms with E-state index >= 15 is 0 Å². The summed E-state index contributed by atoms with van der Waals surface area (Å²) in [6.07, 6.45) is 4.70. The molecule has 0 radical (unpaired) electrons. The molecule has 1 saturated carbocycles. The lowest BCUT2D eigenvalue weighted by atomic mass is 9.94. The summed E-state index contributed by atoms with van der Waals surface area (Å²) in [6.45, 7) is -0.00731. The molecule has 0 aromatic heterocycles. The lowest BCUT2D eigenvalue weighted by Gasteiger charge is -2.33. The number of aliphatic imine (C=N–C) groups is 1. The van der Waals surface area contributed by atoms with Crippen LogP contribution in [0.2, 0.25) is 5.02 Å². The molecule has 9 nitrogen and oxygen atoms in total. The summed E-state index contributed by atoms with van der Waals surface area (Å²) in [5.41, 5.74) is 1.36. The van der Waals surface area contributed by atoms with Gasteiger partial charge in [0.15, 0.2) is 6.61 Å². The van der Waals surface area contributed by atoms with Crippen LogP contribution in [0.4, 0.5) is 5.69 Å². The number of benzene rings is 1. The summed E-state index contributed by atoms with van der Waals surface area (Å²) >= 11 is 6.50. The number of carbonyl (C=O) groups excluding carboxylic acids is 2. The van der Waals surface area contributed by atoms with Crippen molar-refractivity contribution in [2.45, 2.75) is 44.7 Å². The zero-order chi connectivity index (χ0) is 21.3. The molecule has 4 rings (SSSR count). The quantitative estimate of drug-likeness (QED) is 0.707. The fourth-order valence-corrected chi connectivity index (χ4v) is 4.44. The van der Waals surface area contributed by atoms with Gasteiger partial charge in [-0.05, 0) is 25.0 Å². The second kappa shape index (κ2) is 8.51. The largest absolute Gasteiger partial charge is 0.482 e. The molecule has 0 spiro atoms. The normalized spacial score (nSPS) is 18.2. The van der Waals surface area contributed by atoms with Gasteiger partial charge in [-0.2, -0.15) is 0 Å². The first kappa shape index (κ1) is 20.5. The van der Waals surface area contributed by atoms with Gasteiger partial charge in [-0.3, -0.25) is 19.7 Å². The minimum atomic E-state index is -1.04. The molecule has 0 atom stereocenters. The van der Waals surface area contributed by atoms with Gasteiger partial charge >= 0.3 is 5.97 Å². The first-order chi connectivity index (χ1) is 14.4. The Morgan fingerprint density at radius 2 is 2.03 bits per heavy atom. The summed E-state index contributed by atoms with van der Waals surface area (Å²) in [7, 11) is 0. The molecular weight excluding hydrogens is 412 g/mol. The van der Waals surface area contributed by atoms with Gasteiger partial charge in [0.1, 0.15) is 18.8 Å². The van der Waals surface area contributed by atoms with E-state index in [4.69, 9.17) is 16.3 Å². The number of amides is 2. The second-order valence-electron chi connectivity index (χ2n) is 7.71. The van der Waals surface area contributed by atoms with Crippen molar-refractivity contribution in [1.82, 2.24) is 15.1 Å². The fraction of sp³-hybridized carbons (Fsp3) is 0.500. The van der Waals surface area contributed by atoms with E-state index in [1.54, 1.807) is 17.0 Å². The maximum atomic E-state index is 12.8. The number of nitrogens with zero attached hydrogens (tertiary/aromatic N) is 3. The van der Waals surface area contributed by atoms with Crippen LogP contribution in [-0.2, 0) is 20.9 Å². The van der Waals surface area contributed by atoms with E-state index in [1.807, 2.05) is 0 Å². The van der Waals surface area contributed by atoms with E-state index < -0.39 is 5.97 Å². The second-order valence-corrected chi connectivity index (χ2v) is 8.09. The van der Waals surface area contributed by atoms with E-state index in [1.165, 1.54) is 4.90 Å². The fourth-order valence-electron chi connectivity index (χ4n) is 4.16. The van der Waals surface area contributed by atoms with Gasteiger partial charge < -0.3 is 19.6 Å². The maximum Gasteiger partial charge on any atom is 0.323 e. The Bertz CT molecular complexity index is 913. The van der Waals surface area contributed by atoms with Crippen molar-refractivity contribution in [2.75, 3.05) is 19.7 Å². The number of ether oxygens (including phenoxy) is 1. The molecule has 0 unspecified atom stereocenters. The Morgan fingerprint density at radius 1 is 1.27 bits per heavy atom. The van der Waals surface area contributed by atoms with Gasteiger partial charge in [0.2, 0.25) is 11.9 Å². The topological polar surface area (TPSA) is 112 Å². The van der Waals surface area contributed by atoms with E-state index in [2.05, 4.69) is 10.3 Å². The lowest BCUT2D eigenvalue weighted by molar-refractivity contribution is -0.147. The number of nitrogens with one attached hydrogen (secondary N) is 1. The molecule has 3 aliphatic rings. The Kier molecular flexibility index (Phi) is 5.80. The predicted octanol–water partition coefficient (Wildman–Crippen LogP) is 1.90. The van der Waals surface area contributed by atoms with Crippen molar-refractivity contribution in [3.8, 4) is 5.75 Å². The van der Waals surface area contributed by atoms with Gasteiger partial charge in [-0.25, -0.2) is 4.99 Å². The van der Waals surface area contributed by atoms with Crippen LogP contribution in [0.15, 0.2) is 17.1 Å². The minimum Gasteiger partial charge on any atom is -0.482 e. The number of fused-ring (bicyclic) bond motifs is 2. The van der Waals surface area contributed by atoms with Crippen LogP contribution in [0.5, 0.6) is 5.75 Å². The summed E-state index contributed by atoms with van der Waals surface area (Å²) < 4.78 is 5.68. The Balaban J connectivity index is 1.46. The van der Waals surface area contributed by atoms with E-state index in [-0.39, 0.29) is 37.6 Å². The number of guanidine groups is 1. The molecule has 2 amide bonds. The molecule has 2 N–H and O–H groups in total. The molecule has 10 heteroatoms. The number of aliphatic carboxylic acids is 1. The number of carbonyl (C=O) groups is 3. The Morgan fingerprint density at radius 3 is 2.77 bits per heavy atom. The molecule has 30 heavy (non-hydrogen) atoms. The molecule has 2 fully saturated rings. The molecular formula is C20H23ClN4O5. The molecule has 0 bridgehead atoms. The van der Waals surface area contributed by atoms with Crippen LogP contribution in [0.25, 0.3) is 0 Å². The molecule has 2 aliphatic heterocycles. The van der Waals surface area contributed by atoms with Gasteiger partial charge in [-0.1, -0.05) is 30.9 Å². The van der Waals surface area contributed by atoms with Crippen LogP contribution >= 0.6 is 11.6 Å². The van der Waals surface area contributed by atoms with Crippen LogP contribution < -0.4 is 10.1 Å². The number of halogens is 1. The van der Waals surface area contributed by atoms with Crippen molar-refractivity contribution >= 4 is 41.0 Å². The van der Waals surface area contributed by atoms with E-state index in [9.17, 15) is 19.5 Å². The van der Waals surface area contributed by atoms with Crippen molar-refractivity contribution in [3.63, 3.8) is 0 Å². The highest BCUT2D eigenvalue weighted by Crippen LogP contribution is 2.38. The van der Waals surface area contributed by atoms with Gasteiger partial charge in [0.25, 0.3) is 5.91 Å². The number of carboxylic acid groups (broad SMARTS) is 1. The van der Waals surface area contributed by atoms with Gasteiger partial charge in [0, 0.05) is 11.6 Å². The highest BCUT2D eigenvalue weighted by molar-refractivity contribution is 6.33. The minimum absolute atomic E-state index is 0.0714. The third-order valence-electron chi connectivity index (χ3n) is 5.64. The van der Waals surface area contributed by atoms with Crippen molar-refractivity contribution in [1.29, 1.82) is 0 Å². The summed E-state index contributed by atoms with van der Waals surface area (Å²) in [5, 5.41) is 12.2. The predicted molar refractivity (Wildman–Crippen MR) is 109 cm³/mol. The molecule has 1 aromatic carbocycles. The zero-order valence-electron chi connectivity index (χ0n) is 16.4. The number of rotatable bonds is 6. The third-order valence-corrected chi connectivity index (χ3v) is 6.05. The van der Waals surface area contributed by atoms with E-state index in [0.717, 1.165) is 37.7 Å². The first-order valence-electron chi connectivity index (χ1n) is 10.0. The number of carboxylic acids is 1. The number of hydrogen-bond acceptors (Lipinski definition) is 6. The lowest BCUT2D eigenvalue weighted by Crippen LogP contribution is -2.46. The monoisotopic (exact) mass is 434 g/mol. The average Bonchev–Trinajstić information content (AvgIpc) is 3.09. The summed E-state index contributed by atoms with van der Waals surface area (Å²) in [5.74, 6) is -0.694. The van der Waals surface area contributed by atoms with Crippen molar-refractivity contribution in [2.24, 2.45) is 4.99 Å². The smallest absolute Gasteiger partial charge is 0.323 e. The summed E-state index contributed by atoms with van der Waals surface area (Å²) in [4.78, 5) is 43.2. The van der Waals surface area contributed by atoms with Crippen LogP contribution in [0.1, 0.15) is 37.7 Å². The highest BCUT2D eigenvalue weighted by atomic mass is 35.5. The molecule has 160 valence electrons. The standard InChI is InChI=1S/C20H23ClN4O5/c21-19-13-8-24-9-16(26)23-20(24)22-14(13)6-7-15(19)30-11-17(27)25(10-18(28)29)12-4-2-1-3-5-12/h6-7,12H,1-5,8-11H2,(H,28,29)(H,22,23,26). The summed E-state index contributed by atoms with van der Waals surface area (Å²) in [6, 6.07) is 3.29. The third kappa shape index (κ3) is 4.21. The van der Waals surface area contributed by atoms with Crippen molar-refractivity contribution < 1.29 is 24.2 Å². The molecule has 1 aromatic rings. The van der Waals surface area contributed by atoms with Crippen molar-refractivity contribution in [3.05, 3.63) is 22.7 Å². The first-order valence-corrected chi connectivity index (χ1v) is 10.4. The van der Waals surface area contributed by atoms with Gasteiger partial charge in [-0.15, -0.1) is 0 Å². The Hall–Kier alpha value is -2.81. The highest BCUT2D eigenvalue weighted by Gasteiger charge is 2.31. The molecule has 1 saturated heterocycles. The molecule has 1 aliphatic carbocycles. The van der Waals surface area contributed by atoms with E-state index in [0.29, 0.717) is 29.0 Å². The Labute approximate surface area is 178 Å². The van der Waals surface area contributed by atoms with Crippen LogP contribution in [0.3, 0.4) is 0 Å². The molecule has 2 heterocycles. The average molecular weight is 435 g/mol. The van der Waals surface area contributed by atoms with Gasteiger partial charge in [0.05, 0.1) is 17.3 Å². The zero-order valence-corrected chi connectivity index (χ0v) is 17.2. The maximum absolute atomic E-state index is 12.8. The van der Waals surface area contributed by atoms with Crippen LogP contribution in [0, 0.1) is 0 Å². The number of hydrogen-bond donors (Lipinski definition) is 2. The SMILES string of the molecule is O=C(O)CN(C(=O)COc1ccc2c(c1Cl)CN1CC(=O)NC1=N2)C1CCCCC1. The van der Waals surface area contributed by atoms with Crippen LogP contribution in [-0.4, -0.2) is 64.4 Å².